The molecule has 0 aliphatic carbocycles. The van der Waals surface area contributed by atoms with Crippen LogP contribution in [0.3, 0.4) is 0 Å². The third kappa shape index (κ3) is 2.10. The Morgan fingerprint density at radius 3 is 2.64 bits per heavy atom. The van der Waals surface area contributed by atoms with E-state index in [1.807, 2.05) is 0 Å². The number of rotatable bonds is 0. The molecule has 2 amide bonds. The molecule has 62 valence electrons. The van der Waals surface area contributed by atoms with E-state index < -0.39 is 12.2 Å². The maximum Gasteiger partial charge on any atom is 0.418 e. The Kier molecular flexibility index (Phi) is 1.89. The first-order chi connectivity index (χ1) is 5.74. The summed E-state index contributed by atoms with van der Waals surface area (Å²) < 4.78 is 10.6. The minimum absolute atomic E-state index is 0.629. The summed E-state index contributed by atoms with van der Waals surface area (Å²) >= 11 is 0. The van der Waals surface area contributed by atoms with Gasteiger partial charge in [-0.1, -0.05) is 0 Å². The van der Waals surface area contributed by atoms with E-state index in [4.69, 9.17) is 1.41 Å². The summed E-state index contributed by atoms with van der Waals surface area (Å²) in [4.78, 5) is 22.8. The SMILES string of the molecule is [2H]NC(=O)OC(=O)N1CCCC1. The fourth-order valence-electron chi connectivity index (χ4n) is 1.04. The first-order valence-corrected chi connectivity index (χ1v) is 3.42. The number of carbonyl (C=O) groups excluding carboxylic acids is 2. The lowest BCUT2D eigenvalue weighted by Gasteiger charge is -2.11. The summed E-state index contributed by atoms with van der Waals surface area (Å²) in [6, 6.07) is 0. The molecule has 1 aliphatic heterocycles. The summed E-state index contributed by atoms with van der Waals surface area (Å²) in [7, 11) is 0. The Hall–Kier alpha value is -1.26. The maximum atomic E-state index is 11.0. The number of hydrogen-bond acceptors (Lipinski definition) is 3. The van der Waals surface area contributed by atoms with E-state index in [-0.39, 0.29) is 0 Å². The second-order valence-electron chi connectivity index (χ2n) is 2.35. The van der Waals surface area contributed by atoms with Crippen molar-refractivity contribution in [3.63, 3.8) is 0 Å². The lowest BCUT2D eigenvalue weighted by Crippen LogP contribution is -2.32. The zero-order valence-electron chi connectivity index (χ0n) is 7.00. The van der Waals surface area contributed by atoms with Crippen LogP contribution in [0.1, 0.15) is 12.8 Å². The number of likely N-dealkylation sites (tertiary alicyclic amines) is 1. The highest BCUT2D eigenvalue weighted by Gasteiger charge is 2.20. The smallest absolute Gasteiger partial charge is 0.359 e. The number of hydrogen-bond donors (Lipinski definition) is 1. The molecular weight excluding hydrogens is 148 g/mol. The van der Waals surface area contributed by atoms with Gasteiger partial charge in [-0.25, -0.2) is 9.59 Å². The molecule has 5 heteroatoms. The monoisotopic (exact) mass is 159 g/mol. The van der Waals surface area contributed by atoms with Crippen LogP contribution < -0.4 is 5.73 Å². The molecule has 0 atom stereocenters. The van der Waals surface area contributed by atoms with Crippen molar-refractivity contribution in [3.8, 4) is 0 Å². The number of amides is 2. The lowest BCUT2D eigenvalue weighted by molar-refractivity contribution is 0.129. The Morgan fingerprint density at radius 2 is 2.09 bits per heavy atom. The molecule has 0 saturated carbocycles. The summed E-state index contributed by atoms with van der Waals surface area (Å²) in [5.41, 5.74) is 1.46. The zero-order chi connectivity index (χ0) is 8.97. The third-order valence-electron chi connectivity index (χ3n) is 1.54. The summed E-state index contributed by atoms with van der Waals surface area (Å²) in [6.07, 6.45) is 0.180. The summed E-state index contributed by atoms with van der Waals surface area (Å²) in [6.45, 7) is 1.26. The normalized spacial score (nSPS) is 17.5. The molecule has 0 aromatic heterocycles. The van der Waals surface area contributed by atoms with Gasteiger partial charge in [0.25, 0.3) is 0 Å². The van der Waals surface area contributed by atoms with Crippen LogP contribution in [0.25, 0.3) is 0 Å². The van der Waals surface area contributed by atoms with Crippen molar-refractivity contribution in [1.29, 1.82) is 0 Å². The molecule has 0 spiro atoms. The van der Waals surface area contributed by atoms with E-state index in [0.29, 0.717) is 13.1 Å². The fraction of sp³-hybridized carbons (Fsp3) is 0.667. The molecule has 2 N–H and O–H groups in total. The van der Waals surface area contributed by atoms with Gasteiger partial charge in [0.15, 0.2) is 1.41 Å². The van der Waals surface area contributed by atoms with Crippen LogP contribution in [0.15, 0.2) is 0 Å². The van der Waals surface area contributed by atoms with Gasteiger partial charge >= 0.3 is 12.2 Å². The average Bonchev–Trinajstić information content (AvgIpc) is 2.56. The Bertz CT molecular complexity index is 191. The topological polar surface area (TPSA) is 72.6 Å². The van der Waals surface area contributed by atoms with E-state index in [1.165, 1.54) is 10.6 Å². The third-order valence-corrected chi connectivity index (χ3v) is 1.54. The Labute approximate surface area is 65.6 Å². The largest absolute Gasteiger partial charge is 0.418 e. The Morgan fingerprint density at radius 1 is 1.45 bits per heavy atom. The van der Waals surface area contributed by atoms with E-state index in [0.717, 1.165) is 12.8 Å². The van der Waals surface area contributed by atoms with Crippen LogP contribution in [0, 0.1) is 0 Å². The molecule has 0 radical (unpaired) electrons. The molecule has 0 aromatic carbocycles. The minimum Gasteiger partial charge on any atom is -0.359 e. The van der Waals surface area contributed by atoms with E-state index in [1.54, 1.807) is 0 Å². The lowest BCUT2D eigenvalue weighted by atomic mass is 10.4. The number of nitrogens with zero attached hydrogens (tertiary/aromatic N) is 1. The highest BCUT2D eigenvalue weighted by atomic mass is 16.6. The van der Waals surface area contributed by atoms with Gasteiger partial charge in [0.2, 0.25) is 0 Å². The molecule has 0 aromatic rings. The van der Waals surface area contributed by atoms with Gasteiger partial charge in [-0.15, -0.1) is 0 Å². The van der Waals surface area contributed by atoms with Crippen LogP contribution in [-0.2, 0) is 4.74 Å². The quantitative estimate of drug-likeness (QED) is 0.516. The van der Waals surface area contributed by atoms with Crippen molar-refractivity contribution in [1.82, 2.24) is 4.90 Å². The molecule has 1 rings (SSSR count). The van der Waals surface area contributed by atoms with Gasteiger partial charge in [-0.2, -0.15) is 0 Å². The predicted octanol–water partition coefficient (Wildman–Crippen LogP) is 0.298. The first-order valence-electron chi connectivity index (χ1n) is 3.92. The van der Waals surface area contributed by atoms with Gasteiger partial charge in [-0.05, 0) is 12.8 Å². The average molecular weight is 159 g/mol. The van der Waals surface area contributed by atoms with E-state index >= 15 is 0 Å². The van der Waals surface area contributed by atoms with Gasteiger partial charge in [-0.3, -0.25) is 0 Å². The van der Waals surface area contributed by atoms with Crippen LogP contribution in [0.5, 0.6) is 0 Å². The molecule has 1 saturated heterocycles. The molecule has 0 unspecified atom stereocenters. The van der Waals surface area contributed by atoms with Crippen LogP contribution in [0.4, 0.5) is 9.59 Å². The molecule has 1 aliphatic rings. The number of carbonyl (C=O) groups is 2. The van der Waals surface area contributed by atoms with Crippen molar-refractivity contribution >= 4 is 12.2 Å². The van der Waals surface area contributed by atoms with Crippen molar-refractivity contribution in [2.45, 2.75) is 12.8 Å². The van der Waals surface area contributed by atoms with Crippen molar-refractivity contribution in [3.05, 3.63) is 0 Å². The van der Waals surface area contributed by atoms with E-state index in [2.05, 4.69) is 4.74 Å². The molecular formula is C6H10N2O3. The molecule has 11 heavy (non-hydrogen) atoms. The zero-order valence-corrected chi connectivity index (χ0v) is 6.00. The minimum atomic E-state index is -1.04. The van der Waals surface area contributed by atoms with E-state index in [9.17, 15) is 9.59 Å². The highest BCUT2D eigenvalue weighted by Crippen LogP contribution is 2.08. The Balaban J connectivity index is 2.32. The van der Waals surface area contributed by atoms with Crippen molar-refractivity contribution in [2.24, 2.45) is 5.73 Å². The van der Waals surface area contributed by atoms with Crippen molar-refractivity contribution < 1.29 is 15.7 Å². The van der Waals surface area contributed by atoms with Crippen molar-refractivity contribution in [2.75, 3.05) is 13.1 Å². The first kappa shape index (κ1) is 6.45. The second kappa shape index (κ2) is 3.23. The number of ether oxygens (including phenoxy) is 1. The van der Waals surface area contributed by atoms with Gasteiger partial charge in [0, 0.05) is 13.1 Å². The number of nitrogens with two attached hydrogens (primary N) is 1. The maximum absolute atomic E-state index is 11.0. The molecule has 0 bridgehead atoms. The van der Waals surface area contributed by atoms with Gasteiger partial charge < -0.3 is 15.4 Å². The molecule has 5 nitrogen and oxygen atoms in total. The fourth-order valence-corrected chi connectivity index (χ4v) is 1.04. The second-order valence-corrected chi connectivity index (χ2v) is 2.35. The molecule has 1 fully saturated rings. The predicted molar refractivity (Wildman–Crippen MR) is 36.9 cm³/mol. The number of primary amides is 1. The van der Waals surface area contributed by atoms with Crippen LogP contribution in [-0.4, -0.2) is 30.2 Å². The van der Waals surface area contributed by atoms with Crippen LogP contribution in [0.2, 0.25) is 1.41 Å². The summed E-state index contributed by atoms with van der Waals surface area (Å²) in [5, 5.41) is 0. The standard InChI is InChI=1S/C6H10N2O3/c7-5(9)11-6(10)8-3-1-2-4-8/h1-4H2,(H2,7,9)/i/hD. The summed E-state index contributed by atoms with van der Waals surface area (Å²) in [5.74, 6) is 0. The van der Waals surface area contributed by atoms with Gasteiger partial charge in [0.05, 0.1) is 0 Å². The highest BCUT2D eigenvalue weighted by molar-refractivity contribution is 5.82. The van der Waals surface area contributed by atoms with Crippen LogP contribution >= 0.6 is 0 Å². The van der Waals surface area contributed by atoms with Gasteiger partial charge in [0.1, 0.15) is 0 Å². The molecule has 1 heterocycles.